The number of methoxy groups -OCH3 is 1. The van der Waals surface area contributed by atoms with Gasteiger partial charge in [-0.15, -0.1) is 0 Å². The van der Waals surface area contributed by atoms with Crippen molar-refractivity contribution < 1.29 is 19.0 Å². The number of rotatable bonds is 6. The van der Waals surface area contributed by atoms with Crippen LogP contribution in [-0.2, 0) is 9.47 Å². The Balaban J connectivity index is 1.74. The summed E-state index contributed by atoms with van der Waals surface area (Å²) in [6.07, 6.45) is 5.77. The summed E-state index contributed by atoms with van der Waals surface area (Å²) in [5.74, 6) is 1.01. The van der Waals surface area contributed by atoms with Crippen LogP contribution < -0.4 is 4.74 Å². The van der Waals surface area contributed by atoms with Crippen molar-refractivity contribution in [3.63, 3.8) is 0 Å². The Morgan fingerprint density at radius 1 is 1.06 bits per heavy atom. The van der Waals surface area contributed by atoms with Crippen LogP contribution in [0.2, 0.25) is 0 Å². The number of Topliss-reactive ketones (excluding diaryl/α,β-unsaturated/α-hetero) is 1. The van der Waals surface area contributed by atoms with Crippen molar-refractivity contribution in [1.82, 2.24) is 0 Å². The topological polar surface area (TPSA) is 44.8 Å². The van der Waals surface area contributed by atoms with Crippen LogP contribution >= 0.6 is 0 Å². The molecule has 0 aliphatic carbocycles. The van der Waals surface area contributed by atoms with E-state index in [0.717, 1.165) is 55.4 Å². The summed E-state index contributed by atoms with van der Waals surface area (Å²) in [6.45, 7) is 5.32. The van der Waals surface area contributed by atoms with E-state index in [9.17, 15) is 4.79 Å². The molecule has 3 unspecified atom stereocenters. The minimum atomic E-state index is -0.0205. The third-order valence-corrected chi connectivity index (χ3v) is 6.21. The molecule has 4 heteroatoms. The fourth-order valence-electron chi connectivity index (χ4n) is 4.50. The Hall–Kier alpha value is -2.17. The first-order valence-corrected chi connectivity index (χ1v) is 11.6. The summed E-state index contributed by atoms with van der Waals surface area (Å²) in [5.41, 5.74) is 2.94. The molecule has 1 saturated heterocycles. The second-order valence-corrected chi connectivity index (χ2v) is 8.40. The molecule has 0 N–H and O–H groups in total. The highest BCUT2D eigenvalue weighted by molar-refractivity contribution is 5.98. The number of carbonyl (C=O) groups excluding carboxylic acids is 1. The van der Waals surface area contributed by atoms with Gasteiger partial charge in [0.1, 0.15) is 5.75 Å². The molecule has 0 bridgehead atoms. The number of carbonyl (C=O) groups is 1. The zero-order valence-corrected chi connectivity index (χ0v) is 19.1. The van der Waals surface area contributed by atoms with Gasteiger partial charge in [-0.1, -0.05) is 43.2 Å². The van der Waals surface area contributed by atoms with E-state index in [-0.39, 0.29) is 23.9 Å². The SMILES string of the molecule is CCOC1CCCCC(C(=O)c2ccc(OC)c(C)c2)CCOC(c2ccccc2)C1. The van der Waals surface area contributed by atoms with Gasteiger partial charge in [0.25, 0.3) is 0 Å². The van der Waals surface area contributed by atoms with Crippen molar-refractivity contribution in [3.8, 4) is 5.75 Å². The molecular weight excluding hydrogens is 388 g/mol. The van der Waals surface area contributed by atoms with Gasteiger partial charge < -0.3 is 14.2 Å². The van der Waals surface area contributed by atoms with Gasteiger partial charge in [0, 0.05) is 31.1 Å². The van der Waals surface area contributed by atoms with Crippen molar-refractivity contribution in [2.75, 3.05) is 20.3 Å². The quantitative estimate of drug-likeness (QED) is 0.509. The zero-order chi connectivity index (χ0) is 22.1. The fraction of sp³-hybridized carbons (Fsp3) is 0.519. The molecule has 2 aromatic carbocycles. The van der Waals surface area contributed by atoms with Crippen LogP contribution in [0.3, 0.4) is 0 Å². The van der Waals surface area contributed by atoms with Crippen molar-refractivity contribution >= 4 is 5.78 Å². The lowest BCUT2D eigenvalue weighted by Crippen LogP contribution is -2.20. The first-order chi connectivity index (χ1) is 15.1. The van der Waals surface area contributed by atoms with E-state index in [1.165, 1.54) is 5.56 Å². The third-order valence-electron chi connectivity index (χ3n) is 6.21. The van der Waals surface area contributed by atoms with Crippen molar-refractivity contribution in [1.29, 1.82) is 0 Å². The molecular formula is C27H36O4. The summed E-state index contributed by atoms with van der Waals surface area (Å²) < 4.78 is 17.7. The molecule has 1 aliphatic heterocycles. The first kappa shape index (κ1) is 23.5. The van der Waals surface area contributed by atoms with Crippen LogP contribution in [0.15, 0.2) is 48.5 Å². The number of ketones is 1. The second kappa shape index (κ2) is 12.0. The number of ether oxygens (including phenoxy) is 3. The molecule has 0 spiro atoms. The molecule has 0 saturated carbocycles. The molecule has 31 heavy (non-hydrogen) atoms. The van der Waals surface area contributed by atoms with Crippen molar-refractivity contribution in [2.24, 2.45) is 5.92 Å². The highest BCUT2D eigenvalue weighted by atomic mass is 16.5. The summed E-state index contributed by atoms with van der Waals surface area (Å²) in [5, 5.41) is 0. The molecule has 168 valence electrons. The lowest BCUT2D eigenvalue weighted by molar-refractivity contribution is -0.0197. The Bertz CT molecular complexity index is 817. The third kappa shape index (κ3) is 6.65. The van der Waals surface area contributed by atoms with E-state index >= 15 is 0 Å². The molecule has 3 atom stereocenters. The number of hydrogen-bond acceptors (Lipinski definition) is 4. The van der Waals surface area contributed by atoms with Crippen molar-refractivity contribution in [2.45, 2.75) is 64.6 Å². The summed E-state index contributed by atoms with van der Waals surface area (Å²) in [4.78, 5) is 13.3. The predicted octanol–water partition coefficient (Wildman–Crippen LogP) is 6.32. The Morgan fingerprint density at radius 3 is 2.55 bits per heavy atom. The van der Waals surface area contributed by atoms with Gasteiger partial charge in [0.2, 0.25) is 0 Å². The van der Waals surface area contributed by atoms with Gasteiger partial charge in [-0.3, -0.25) is 4.79 Å². The molecule has 1 aliphatic rings. The van der Waals surface area contributed by atoms with Crippen molar-refractivity contribution in [3.05, 3.63) is 65.2 Å². The minimum absolute atomic E-state index is 0.00478. The van der Waals surface area contributed by atoms with E-state index in [1.807, 2.05) is 31.2 Å². The molecule has 2 aromatic rings. The molecule has 1 heterocycles. The zero-order valence-electron chi connectivity index (χ0n) is 19.1. The normalized spacial score (nSPS) is 23.0. The van der Waals surface area contributed by atoms with E-state index in [4.69, 9.17) is 14.2 Å². The van der Waals surface area contributed by atoms with E-state index in [1.54, 1.807) is 7.11 Å². The molecule has 0 aromatic heterocycles. The molecule has 1 fully saturated rings. The van der Waals surface area contributed by atoms with Crippen LogP contribution in [0.1, 0.15) is 73.0 Å². The minimum Gasteiger partial charge on any atom is -0.496 e. The molecule has 3 rings (SSSR count). The average molecular weight is 425 g/mol. The largest absolute Gasteiger partial charge is 0.496 e. The predicted molar refractivity (Wildman–Crippen MR) is 124 cm³/mol. The lowest BCUT2D eigenvalue weighted by Gasteiger charge is -2.24. The average Bonchev–Trinajstić information content (AvgIpc) is 2.84. The Kier molecular flexibility index (Phi) is 9.11. The van der Waals surface area contributed by atoms with Gasteiger partial charge >= 0.3 is 0 Å². The van der Waals surface area contributed by atoms with Gasteiger partial charge in [-0.2, -0.15) is 0 Å². The van der Waals surface area contributed by atoms with Gasteiger partial charge in [-0.05, 0) is 62.4 Å². The summed E-state index contributed by atoms with van der Waals surface area (Å²) >= 11 is 0. The van der Waals surface area contributed by atoms with E-state index in [2.05, 4.69) is 31.2 Å². The van der Waals surface area contributed by atoms with Crippen LogP contribution in [0.5, 0.6) is 5.75 Å². The highest BCUT2D eigenvalue weighted by Crippen LogP contribution is 2.30. The maximum atomic E-state index is 13.3. The van der Waals surface area contributed by atoms with Gasteiger partial charge in [0.05, 0.1) is 19.3 Å². The monoisotopic (exact) mass is 424 g/mol. The first-order valence-electron chi connectivity index (χ1n) is 11.6. The smallest absolute Gasteiger partial charge is 0.166 e. The Labute approximate surface area is 186 Å². The summed E-state index contributed by atoms with van der Waals surface area (Å²) in [7, 11) is 1.66. The van der Waals surface area contributed by atoms with Crippen LogP contribution in [0.4, 0.5) is 0 Å². The maximum absolute atomic E-state index is 13.3. The van der Waals surface area contributed by atoms with Crippen LogP contribution in [0, 0.1) is 12.8 Å². The van der Waals surface area contributed by atoms with E-state index in [0.29, 0.717) is 13.2 Å². The Morgan fingerprint density at radius 2 is 1.84 bits per heavy atom. The van der Waals surface area contributed by atoms with Crippen LogP contribution in [-0.4, -0.2) is 32.2 Å². The van der Waals surface area contributed by atoms with E-state index < -0.39 is 0 Å². The molecule has 4 nitrogen and oxygen atoms in total. The van der Waals surface area contributed by atoms with Gasteiger partial charge in [-0.25, -0.2) is 0 Å². The number of hydrogen-bond donors (Lipinski definition) is 0. The number of benzene rings is 2. The maximum Gasteiger partial charge on any atom is 0.166 e. The summed E-state index contributed by atoms with van der Waals surface area (Å²) in [6, 6.07) is 16.1. The highest BCUT2D eigenvalue weighted by Gasteiger charge is 2.25. The number of aryl methyl sites for hydroxylation is 1. The fourth-order valence-corrected chi connectivity index (χ4v) is 4.50. The van der Waals surface area contributed by atoms with Crippen LogP contribution in [0.25, 0.3) is 0 Å². The standard InChI is InChI=1S/C27H36O4/c1-4-30-24-13-9-8-12-22(27(28)23-14-15-25(29-3)20(2)18-23)16-17-31-26(19-24)21-10-6-5-7-11-21/h5-7,10-11,14-15,18,22,24,26H,4,8-9,12-13,16-17,19H2,1-3H3. The lowest BCUT2D eigenvalue weighted by atomic mass is 9.89. The van der Waals surface area contributed by atoms with Gasteiger partial charge in [0.15, 0.2) is 5.78 Å². The second-order valence-electron chi connectivity index (χ2n) is 8.40. The molecule has 0 radical (unpaired) electrons. The molecule has 0 amide bonds.